The number of Topliss-reactive ketones (excluding diaryl/α,β-unsaturated/α-hetero) is 1. The third-order valence-corrected chi connectivity index (χ3v) is 5.35. The van der Waals surface area contributed by atoms with Crippen LogP contribution in [0.5, 0.6) is 0 Å². The number of methoxy groups -OCH3 is 1. The summed E-state index contributed by atoms with van der Waals surface area (Å²) in [5.41, 5.74) is 3.06. The van der Waals surface area contributed by atoms with Gasteiger partial charge >= 0.3 is 0 Å². The predicted molar refractivity (Wildman–Crippen MR) is 106 cm³/mol. The normalized spacial score (nSPS) is 16.5. The van der Waals surface area contributed by atoms with E-state index in [2.05, 4.69) is 16.0 Å². The highest BCUT2D eigenvalue weighted by molar-refractivity contribution is 6.00. The van der Waals surface area contributed by atoms with Crippen molar-refractivity contribution in [2.45, 2.75) is 18.8 Å². The summed E-state index contributed by atoms with van der Waals surface area (Å²) in [5, 5.41) is 0.949. The smallest absolute Gasteiger partial charge is 0.248 e. The summed E-state index contributed by atoms with van der Waals surface area (Å²) in [6.07, 6.45) is 3.61. The number of nitrogens with one attached hydrogen (secondary N) is 1. The number of fused-ring (bicyclic) bond motifs is 1. The Balaban J connectivity index is 1.49. The number of likely N-dealkylation sites (tertiary alicyclic amines) is 1. The fourth-order valence-corrected chi connectivity index (χ4v) is 3.86. The van der Waals surface area contributed by atoms with Crippen molar-refractivity contribution in [3.63, 3.8) is 0 Å². The molecule has 2 aromatic heterocycles. The first-order chi connectivity index (χ1) is 14.0. The van der Waals surface area contributed by atoms with Crippen molar-refractivity contribution in [2.75, 3.05) is 26.8 Å². The Labute approximate surface area is 167 Å². The minimum absolute atomic E-state index is 0.0115. The number of amides is 1. The number of ketones is 1. The van der Waals surface area contributed by atoms with Gasteiger partial charge in [0, 0.05) is 49.6 Å². The molecule has 4 rings (SSSR count). The molecule has 1 aliphatic heterocycles. The molecule has 1 aliphatic rings. The number of halogens is 1. The Hall–Kier alpha value is -3.06. The zero-order valence-electron chi connectivity index (χ0n) is 16.2. The number of ether oxygens (including phenoxy) is 1. The monoisotopic (exact) mass is 395 g/mol. The lowest BCUT2D eigenvalue weighted by molar-refractivity contribution is -0.134. The maximum atomic E-state index is 13.3. The zero-order chi connectivity index (χ0) is 20.4. The molecule has 1 fully saturated rings. The SMILES string of the molecule is COCC(=O)N1CCC(c2ccc3[nH]c(C(=O)Cc4cncc(F)c4)cc3c2)C1. The van der Waals surface area contributed by atoms with E-state index in [-0.39, 0.29) is 30.6 Å². The topological polar surface area (TPSA) is 75.3 Å². The number of pyridine rings is 1. The number of carbonyl (C=O) groups excluding carboxylic acids is 2. The maximum Gasteiger partial charge on any atom is 0.248 e. The molecular formula is C22H22FN3O3. The second-order valence-electron chi connectivity index (χ2n) is 7.40. The lowest BCUT2D eigenvalue weighted by atomic mass is 9.97. The summed E-state index contributed by atoms with van der Waals surface area (Å²) in [6, 6.07) is 9.23. The average molecular weight is 395 g/mol. The van der Waals surface area contributed by atoms with Crippen LogP contribution in [0, 0.1) is 5.82 Å². The molecule has 1 aromatic carbocycles. The number of hydrogen-bond acceptors (Lipinski definition) is 4. The fourth-order valence-electron chi connectivity index (χ4n) is 3.86. The van der Waals surface area contributed by atoms with Crippen LogP contribution in [-0.2, 0) is 16.0 Å². The molecule has 1 unspecified atom stereocenters. The molecule has 0 bridgehead atoms. The van der Waals surface area contributed by atoms with Crippen LogP contribution in [0.25, 0.3) is 10.9 Å². The summed E-state index contributed by atoms with van der Waals surface area (Å²) in [7, 11) is 1.52. The van der Waals surface area contributed by atoms with Crippen LogP contribution >= 0.6 is 0 Å². The molecule has 150 valence electrons. The van der Waals surface area contributed by atoms with Crippen molar-refractivity contribution in [1.29, 1.82) is 0 Å². The summed E-state index contributed by atoms with van der Waals surface area (Å²) in [4.78, 5) is 33.4. The van der Waals surface area contributed by atoms with Crippen LogP contribution in [0.2, 0.25) is 0 Å². The standard InChI is InChI=1S/C22H22FN3O3/c1-29-13-22(28)26-5-4-16(12-26)15-2-3-19-17(8-15)9-20(25-19)21(27)7-14-6-18(23)11-24-10-14/h2-3,6,8-11,16,25H,4-5,7,12-13H2,1H3. The second kappa shape index (κ2) is 8.13. The lowest BCUT2D eigenvalue weighted by Gasteiger charge is -2.16. The average Bonchev–Trinajstić information content (AvgIpc) is 3.35. The molecule has 0 spiro atoms. The van der Waals surface area contributed by atoms with Gasteiger partial charge in [0.15, 0.2) is 5.78 Å². The highest BCUT2D eigenvalue weighted by Crippen LogP contribution is 2.30. The van der Waals surface area contributed by atoms with E-state index in [1.54, 1.807) is 0 Å². The van der Waals surface area contributed by atoms with Gasteiger partial charge in [-0.3, -0.25) is 14.6 Å². The molecule has 7 heteroatoms. The van der Waals surface area contributed by atoms with E-state index < -0.39 is 5.82 Å². The summed E-state index contributed by atoms with van der Waals surface area (Å²) < 4.78 is 18.2. The van der Waals surface area contributed by atoms with Crippen molar-refractivity contribution >= 4 is 22.6 Å². The zero-order valence-corrected chi connectivity index (χ0v) is 16.2. The number of carbonyl (C=O) groups is 2. The highest BCUT2D eigenvalue weighted by atomic mass is 19.1. The highest BCUT2D eigenvalue weighted by Gasteiger charge is 2.27. The van der Waals surface area contributed by atoms with Crippen LogP contribution in [0.1, 0.15) is 34.0 Å². The molecule has 3 aromatic rings. The number of nitrogens with zero attached hydrogens (tertiary/aromatic N) is 2. The van der Waals surface area contributed by atoms with Gasteiger partial charge in [-0.15, -0.1) is 0 Å². The lowest BCUT2D eigenvalue weighted by Crippen LogP contribution is -2.31. The number of hydrogen-bond donors (Lipinski definition) is 1. The van der Waals surface area contributed by atoms with Gasteiger partial charge in [0.05, 0.1) is 11.9 Å². The number of aromatic nitrogens is 2. The molecule has 29 heavy (non-hydrogen) atoms. The van der Waals surface area contributed by atoms with Crippen molar-refractivity contribution in [2.24, 2.45) is 0 Å². The summed E-state index contributed by atoms with van der Waals surface area (Å²) in [5.74, 6) is -0.288. The molecule has 1 saturated heterocycles. The number of H-pyrrole nitrogens is 1. The predicted octanol–water partition coefficient (Wildman–Crippen LogP) is 3.09. The number of rotatable bonds is 6. The first-order valence-electron chi connectivity index (χ1n) is 9.55. The minimum Gasteiger partial charge on any atom is -0.375 e. The van der Waals surface area contributed by atoms with Crippen LogP contribution in [0.4, 0.5) is 4.39 Å². The van der Waals surface area contributed by atoms with Crippen molar-refractivity contribution < 1.29 is 18.7 Å². The Morgan fingerprint density at radius 2 is 2.14 bits per heavy atom. The Kier molecular flexibility index (Phi) is 5.40. The Morgan fingerprint density at radius 3 is 2.93 bits per heavy atom. The van der Waals surface area contributed by atoms with E-state index in [0.717, 1.165) is 35.6 Å². The molecule has 0 radical (unpaired) electrons. The number of benzene rings is 1. The third-order valence-electron chi connectivity index (χ3n) is 5.35. The molecule has 0 aliphatic carbocycles. The summed E-state index contributed by atoms with van der Waals surface area (Å²) >= 11 is 0. The fraction of sp³-hybridized carbons (Fsp3) is 0.318. The molecule has 3 heterocycles. The van der Waals surface area contributed by atoms with Gasteiger partial charge in [0.1, 0.15) is 12.4 Å². The van der Waals surface area contributed by atoms with Crippen LogP contribution in [0.3, 0.4) is 0 Å². The second-order valence-corrected chi connectivity index (χ2v) is 7.40. The minimum atomic E-state index is -0.453. The van der Waals surface area contributed by atoms with Crippen LogP contribution in [0.15, 0.2) is 42.7 Å². The molecule has 1 atom stereocenters. The van der Waals surface area contributed by atoms with Gasteiger partial charge in [-0.1, -0.05) is 6.07 Å². The quantitative estimate of drug-likeness (QED) is 0.651. The van der Waals surface area contributed by atoms with Gasteiger partial charge in [0.25, 0.3) is 0 Å². The van der Waals surface area contributed by atoms with E-state index in [4.69, 9.17) is 4.74 Å². The van der Waals surface area contributed by atoms with E-state index in [0.29, 0.717) is 17.8 Å². The van der Waals surface area contributed by atoms with Gasteiger partial charge in [-0.2, -0.15) is 0 Å². The van der Waals surface area contributed by atoms with E-state index in [1.165, 1.54) is 19.4 Å². The van der Waals surface area contributed by atoms with Crippen LogP contribution < -0.4 is 0 Å². The third kappa shape index (κ3) is 4.19. The largest absolute Gasteiger partial charge is 0.375 e. The maximum absolute atomic E-state index is 13.3. The van der Waals surface area contributed by atoms with Gasteiger partial charge < -0.3 is 14.6 Å². The van der Waals surface area contributed by atoms with E-state index in [1.807, 2.05) is 23.1 Å². The molecule has 1 N–H and O–H groups in total. The van der Waals surface area contributed by atoms with Crippen molar-refractivity contribution in [3.8, 4) is 0 Å². The van der Waals surface area contributed by atoms with Crippen LogP contribution in [-0.4, -0.2) is 53.4 Å². The first-order valence-corrected chi connectivity index (χ1v) is 9.55. The molecule has 1 amide bonds. The Bertz CT molecular complexity index is 1060. The van der Waals surface area contributed by atoms with E-state index >= 15 is 0 Å². The molecule has 0 saturated carbocycles. The van der Waals surface area contributed by atoms with Gasteiger partial charge in [-0.05, 0) is 41.8 Å². The first kappa shape index (κ1) is 19.3. The number of aromatic amines is 1. The van der Waals surface area contributed by atoms with Gasteiger partial charge in [0.2, 0.25) is 5.91 Å². The van der Waals surface area contributed by atoms with Crippen molar-refractivity contribution in [1.82, 2.24) is 14.9 Å². The summed E-state index contributed by atoms with van der Waals surface area (Å²) in [6.45, 7) is 1.51. The van der Waals surface area contributed by atoms with Crippen molar-refractivity contribution in [3.05, 3.63) is 65.4 Å². The Morgan fingerprint density at radius 1 is 1.28 bits per heavy atom. The van der Waals surface area contributed by atoms with Gasteiger partial charge in [-0.25, -0.2) is 4.39 Å². The van der Waals surface area contributed by atoms with E-state index in [9.17, 15) is 14.0 Å². The molecular weight excluding hydrogens is 373 g/mol. The molecule has 6 nitrogen and oxygen atoms in total.